The maximum Gasteiger partial charge on any atom is 0.306 e. The summed E-state index contributed by atoms with van der Waals surface area (Å²) in [4.78, 5) is 25.1. The lowest BCUT2D eigenvalue weighted by Gasteiger charge is -2.35. The normalized spacial score (nSPS) is 35.2. The van der Waals surface area contributed by atoms with Gasteiger partial charge in [0, 0.05) is 17.8 Å². The molecule has 0 saturated heterocycles. The molecule has 0 aromatic heterocycles. The molecule has 0 amide bonds. The van der Waals surface area contributed by atoms with Crippen molar-refractivity contribution in [3.8, 4) is 0 Å². The van der Waals surface area contributed by atoms with Crippen LogP contribution in [0, 0.1) is 29.1 Å². The van der Waals surface area contributed by atoms with Gasteiger partial charge >= 0.3 is 5.97 Å². The first-order valence-corrected chi connectivity index (χ1v) is 9.52. The standard InChI is InChI=1S/C21H36O3/c1-15-12-10-8-7-9-11-13-24-19(22)14-16(2)21(5,6)20(23)18(4)17(15)3/h7,9,15-18H,8,10-14H2,1-6H3/b9-7-/t15-,16+,17+,18-/m1/s1. The molecule has 0 aliphatic carbocycles. The zero-order valence-electron chi connectivity index (χ0n) is 16.4. The van der Waals surface area contributed by atoms with Gasteiger partial charge in [0.25, 0.3) is 0 Å². The summed E-state index contributed by atoms with van der Waals surface area (Å²) in [6, 6.07) is 0. The minimum absolute atomic E-state index is 0.0110. The topological polar surface area (TPSA) is 43.4 Å². The minimum atomic E-state index is -0.511. The number of esters is 1. The average molecular weight is 337 g/mol. The molecule has 24 heavy (non-hydrogen) atoms. The molecule has 0 saturated carbocycles. The van der Waals surface area contributed by atoms with Crippen LogP contribution in [0.15, 0.2) is 12.2 Å². The van der Waals surface area contributed by atoms with Crippen molar-refractivity contribution in [2.24, 2.45) is 29.1 Å². The van der Waals surface area contributed by atoms with Gasteiger partial charge in [0.2, 0.25) is 0 Å². The molecule has 0 N–H and O–H groups in total. The number of allylic oxidation sites excluding steroid dienone is 1. The number of hydrogen-bond acceptors (Lipinski definition) is 3. The van der Waals surface area contributed by atoms with Crippen molar-refractivity contribution in [3.05, 3.63) is 12.2 Å². The van der Waals surface area contributed by atoms with Crippen LogP contribution in [0.4, 0.5) is 0 Å². The Kier molecular flexibility index (Phi) is 8.18. The van der Waals surface area contributed by atoms with Crippen LogP contribution in [0.3, 0.4) is 0 Å². The van der Waals surface area contributed by atoms with Gasteiger partial charge in [0.05, 0.1) is 6.61 Å². The second-order valence-corrected chi connectivity index (χ2v) is 8.23. The number of rotatable bonds is 0. The van der Waals surface area contributed by atoms with Crippen molar-refractivity contribution >= 4 is 11.8 Å². The fourth-order valence-corrected chi connectivity index (χ4v) is 3.42. The molecule has 0 bridgehead atoms. The largest absolute Gasteiger partial charge is 0.465 e. The van der Waals surface area contributed by atoms with Crippen molar-refractivity contribution in [2.45, 2.75) is 73.6 Å². The molecule has 4 atom stereocenters. The molecule has 1 rings (SSSR count). The van der Waals surface area contributed by atoms with E-state index in [1.807, 2.05) is 20.8 Å². The Hall–Kier alpha value is -1.12. The van der Waals surface area contributed by atoms with Gasteiger partial charge in [-0.25, -0.2) is 0 Å². The van der Waals surface area contributed by atoms with E-state index < -0.39 is 5.41 Å². The zero-order valence-corrected chi connectivity index (χ0v) is 16.4. The molecule has 0 spiro atoms. The Balaban J connectivity index is 2.92. The number of ketones is 1. The summed E-state index contributed by atoms with van der Waals surface area (Å²) < 4.78 is 5.31. The van der Waals surface area contributed by atoms with Gasteiger partial charge in [-0.3, -0.25) is 9.59 Å². The summed E-state index contributed by atoms with van der Waals surface area (Å²) in [6.07, 6.45) is 8.70. The molecule has 138 valence electrons. The van der Waals surface area contributed by atoms with E-state index in [9.17, 15) is 9.59 Å². The second-order valence-electron chi connectivity index (χ2n) is 8.23. The summed E-state index contributed by atoms with van der Waals surface area (Å²) in [5, 5.41) is 0. The minimum Gasteiger partial charge on any atom is -0.465 e. The van der Waals surface area contributed by atoms with E-state index in [1.54, 1.807) is 0 Å². The summed E-state index contributed by atoms with van der Waals surface area (Å²) in [6.45, 7) is 12.9. The highest BCUT2D eigenvalue weighted by molar-refractivity contribution is 5.87. The molecule has 0 aromatic rings. The molecular formula is C21H36O3. The lowest BCUT2D eigenvalue weighted by atomic mass is 9.67. The molecule has 3 nitrogen and oxygen atoms in total. The fraction of sp³-hybridized carbons (Fsp3) is 0.810. The third-order valence-corrected chi connectivity index (χ3v) is 6.18. The van der Waals surface area contributed by atoms with E-state index >= 15 is 0 Å². The van der Waals surface area contributed by atoms with Crippen molar-refractivity contribution in [1.29, 1.82) is 0 Å². The molecule has 0 radical (unpaired) electrons. The quantitative estimate of drug-likeness (QED) is 0.451. The number of Topliss-reactive ketones (excluding diaryl/α,β-unsaturated/α-hetero) is 1. The number of carbonyl (C=O) groups excluding carboxylic acids is 2. The fourth-order valence-electron chi connectivity index (χ4n) is 3.42. The van der Waals surface area contributed by atoms with Crippen LogP contribution in [0.25, 0.3) is 0 Å². The highest BCUT2D eigenvalue weighted by Crippen LogP contribution is 2.37. The van der Waals surface area contributed by atoms with Gasteiger partial charge in [-0.05, 0) is 37.0 Å². The lowest BCUT2D eigenvalue weighted by Crippen LogP contribution is -2.39. The second kappa shape index (κ2) is 9.39. The van der Waals surface area contributed by atoms with Crippen molar-refractivity contribution < 1.29 is 14.3 Å². The number of carbonyl (C=O) groups is 2. The Morgan fingerprint density at radius 2 is 1.67 bits per heavy atom. The van der Waals surface area contributed by atoms with Crippen molar-refractivity contribution in [1.82, 2.24) is 0 Å². The van der Waals surface area contributed by atoms with Crippen LogP contribution < -0.4 is 0 Å². The molecule has 1 aliphatic heterocycles. The summed E-state index contributed by atoms with van der Waals surface area (Å²) in [5.41, 5.74) is -0.511. The van der Waals surface area contributed by atoms with Gasteiger partial charge in [-0.1, -0.05) is 60.1 Å². The SMILES string of the molecule is C[C@H]1[C@H](C)CCC/C=C\CCOC(=O)C[C@H](C)C(C)(C)C(=O)[C@@H]1C. The molecular weight excluding hydrogens is 300 g/mol. The van der Waals surface area contributed by atoms with Crippen LogP contribution in [-0.4, -0.2) is 18.4 Å². The molecule has 0 unspecified atom stereocenters. The Bertz CT molecular complexity index is 450. The predicted molar refractivity (Wildman–Crippen MR) is 98.6 cm³/mol. The van der Waals surface area contributed by atoms with Gasteiger partial charge in [-0.2, -0.15) is 0 Å². The van der Waals surface area contributed by atoms with Gasteiger partial charge < -0.3 is 4.74 Å². The molecule has 1 aliphatic rings. The smallest absolute Gasteiger partial charge is 0.306 e. The first-order chi connectivity index (χ1) is 11.2. The van der Waals surface area contributed by atoms with Crippen LogP contribution in [0.2, 0.25) is 0 Å². The van der Waals surface area contributed by atoms with E-state index in [0.717, 1.165) is 25.7 Å². The Morgan fingerprint density at radius 3 is 2.33 bits per heavy atom. The zero-order chi connectivity index (χ0) is 18.3. The first-order valence-electron chi connectivity index (χ1n) is 9.52. The van der Waals surface area contributed by atoms with Crippen molar-refractivity contribution in [2.75, 3.05) is 6.61 Å². The van der Waals surface area contributed by atoms with E-state index in [0.29, 0.717) is 24.9 Å². The highest BCUT2D eigenvalue weighted by atomic mass is 16.5. The number of ether oxygens (including phenoxy) is 1. The molecule has 1 heterocycles. The van der Waals surface area contributed by atoms with Crippen LogP contribution in [0.1, 0.15) is 73.6 Å². The van der Waals surface area contributed by atoms with E-state index in [-0.39, 0.29) is 23.6 Å². The maximum absolute atomic E-state index is 13.1. The number of cyclic esters (lactones) is 1. The van der Waals surface area contributed by atoms with Gasteiger partial charge in [0.15, 0.2) is 0 Å². The lowest BCUT2D eigenvalue weighted by molar-refractivity contribution is -0.147. The summed E-state index contributed by atoms with van der Waals surface area (Å²) >= 11 is 0. The van der Waals surface area contributed by atoms with Crippen LogP contribution in [-0.2, 0) is 14.3 Å². The van der Waals surface area contributed by atoms with E-state index in [2.05, 4.69) is 32.9 Å². The molecule has 0 fully saturated rings. The van der Waals surface area contributed by atoms with Gasteiger partial charge in [-0.15, -0.1) is 0 Å². The van der Waals surface area contributed by atoms with Crippen LogP contribution >= 0.6 is 0 Å². The Morgan fingerprint density at radius 1 is 1.04 bits per heavy atom. The third-order valence-electron chi connectivity index (χ3n) is 6.18. The summed E-state index contributed by atoms with van der Waals surface area (Å²) in [5.74, 6) is 0.948. The van der Waals surface area contributed by atoms with Crippen molar-refractivity contribution in [3.63, 3.8) is 0 Å². The van der Waals surface area contributed by atoms with Gasteiger partial charge in [0.1, 0.15) is 5.78 Å². The summed E-state index contributed by atoms with van der Waals surface area (Å²) in [7, 11) is 0. The maximum atomic E-state index is 13.1. The van der Waals surface area contributed by atoms with E-state index in [4.69, 9.17) is 4.74 Å². The average Bonchev–Trinajstić information content (AvgIpc) is 2.53. The monoisotopic (exact) mass is 336 g/mol. The predicted octanol–water partition coefficient (Wildman–Crippen LogP) is 5.19. The molecule has 0 aromatic carbocycles. The first kappa shape index (κ1) is 20.9. The third kappa shape index (κ3) is 5.75. The molecule has 3 heteroatoms. The highest BCUT2D eigenvalue weighted by Gasteiger charge is 2.39. The van der Waals surface area contributed by atoms with E-state index in [1.165, 1.54) is 0 Å². The Labute approximate surface area is 148 Å². The number of hydrogen-bond donors (Lipinski definition) is 0. The van der Waals surface area contributed by atoms with Crippen LogP contribution in [0.5, 0.6) is 0 Å².